The number of nitrogens with one attached hydrogen (secondary N) is 3. The van der Waals surface area contributed by atoms with Gasteiger partial charge >= 0.3 is 0 Å². The topological polar surface area (TPSA) is 136 Å². The molecule has 2 aliphatic heterocycles. The molecular weight excluding hydrogens is 563 g/mol. The summed E-state index contributed by atoms with van der Waals surface area (Å²) in [6, 6.07) is 10.0. The van der Waals surface area contributed by atoms with Crippen LogP contribution in [0.2, 0.25) is 5.02 Å². The number of aromatic nitrogens is 3. The van der Waals surface area contributed by atoms with Gasteiger partial charge in [0, 0.05) is 22.5 Å². The monoisotopic (exact) mass is 584 g/mol. The van der Waals surface area contributed by atoms with E-state index in [1.807, 2.05) is 12.1 Å². The lowest BCUT2D eigenvalue weighted by Crippen LogP contribution is -2.43. The van der Waals surface area contributed by atoms with E-state index in [0.29, 0.717) is 25.2 Å². The van der Waals surface area contributed by atoms with Crippen molar-refractivity contribution in [1.82, 2.24) is 24.6 Å². The predicted molar refractivity (Wildman–Crippen MR) is 144 cm³/mol. The molecule has 1 saturated heterocycles. The highest BCUT2D eigenvalue weighted by Gasteiger charge is 2.36. The molecule has 4 heterocycles. The van der Waals surface area contributed by atoms with Crippen LogP contribution in [0.1, 0.15) is 38.4 Å². The summed E-state index contributed by atoms with van der Waals surface area (Å²) in [5, 5.41) is 9.14. The number of amides is 3. The first kappa shape index (κ1) is 26.3. The minimum Gasteiger partial charge on any atom is -0.376 e. The molecule has 0 bridgehead atoms. The number of imidazole rings is 1. The summed E-state index contributed by atoms with van der Waals surface area (Å²) in [7, 11) is 0. The van der Waals surface area contributed by atoms with Gasteiger partial charge in [0.2, 0.25) is 11.7 Å². The molecule has 40 heavy (non-hydrogen) atoms. The van der Waals surface area contributed by atoms with Crippen LogP contribution in [0.4, 0.5) is 10.2 Å². The molecule has 4 aromatic rings. The Morgan fingerprint density at radius 3 is 2.88 bits per heavy atom. The van der Waals surface area contributed by atoms with Crippen LogP contribution in [0, 0.1) is 5.82 Å². The van der Waals surface area contributed by atoms with Crippen LogP contribution >= 0.6 is 23.1 Å². The van der Waals surface area contributed by atoms with Crippen molar-refractivity contribution in [3.8, 4) is 0 Å². The fourth-order valence-electron chi connectivity index (χ4n) is 4.72. The molecule has 0 aliphatic carbocycles. The third kappa shape index (κ3) is 5.04. The number of carbonyl (C=O) groups excluding carboxylic acids is 3. The van der Waals surface area contributed by atoms with Gasteiger partial charge in [-0.3, -0.25) is 14.4 Å². The van der Waals surface area contributed by atoms with E-state index in [1.54, 1.807) is 12.1 Å². The maximum Gasteiger partial charge on any atom is 0.287 e. The number of hydrogen-bond acceptors (Lipinski definition) is 8. The number of nitrogens with zero attached hydrogens (tertiary/aromatic N) is 3. The molecule has 2 unspecified atom stereocenters. The lowest BCUT2D eigenvalue weighted by Gasteiger charge is -2.28. The fourth-order valence-corrected chi connectivity index (χ4v) is 5.72. The van der Waals surface area contributed by atoms with Gasteiger partial charge < -0.3 is 30.0 Å². The average Bonchev–Trinajstić information content (AvgIpc) is 3.55. The molecule has 6 rings (SSSR count). The van der Waals surface area contributed by atoms with E-state index in [4.69, 9.17) is 21.1 Å². The van der Waals surface area contributed by atoms with E-state index in [-0.39, 0.29) is 52.8 Å². The summed E-state index contributed by atoms with van der Waals surface area (Å²) in [5.74, 6) is -2.27. The summed E-state index contributed by atoms with van der Waals surface area (Å²) >= 11 is 7.58. The van der Waals surface area contributed by atoms with Crippen LogP contribution in [0.15, 0.2) is 42.5 Å². The highest BCUT2D eigenvalue weighted by atomic mass is 35.5. The lowest BCUT2D eigenvalue weighted by atomic mass is 10.0. The molecule has 2 aromatic heterocycles. The van der Waals surface area contributed by atoms with E-state index < -0.39 is 29.6 Å². The van der Waals surface area contributed by atoms with Crippen molar-refractivity contribution in [1.29, 1.82) is 0 Å². The van der Waals surface area contributed by atoms with Gasteiger partial charge in [0.25, 0.3) is 11.8 Å². The van der Waals surface area contributed by atoms with Crippen LogP contribution in [0.25, 0.3) is 10.1 Å². The second-order valence-corrected chi connectivity index (χ2v) is 10.4. The highest BCUT2D eigenvalue weighted by Crippen LogP contribution is 2.36. The van der Waals surface area contributed by atoms with Crippen molar-refractivity contribution in [2.45, 2.75) is 18.7 Å². The van der Waals surface area contributed by atoms with Gasteiger partial charge in [-0.05, 0) is 35.8 Å². The summed E-state index contributed by atoms with van der Waals surface area (Å²) in [5.41, 5.74) is 0.690. The van der Waals surface area contributed by atoms with Gasteiger partial charge in [-0.2, -0.15) is 4.37 Å². The van der Waals surface area contributed by atoms with Crippen molar-refractivity contribution in [2.75, 3.05) is 31.7 Å². The zero-order chi connectivity index (χ0) is 27.8. The number of anilines is 1. The van der Waals surface area contributed by atoms with E-state index in [0.717, 1.165) is 4.70 Å². The zero-order valence-corrected chi connectivity index (χ0v) is 22.4. The normalized spacial score (nSPS) is 18.7. The smallest absolute Gasteiger partial charge is 0.287 e. The van der Waals surface area contributed by atoms with Crippen molar-refractivity contribution in [3.63, 3.8) is 0 Å². The van der Waals surface area contributed by atoms with Gasteiger partial charge in [-0.1, -0.05) is 29.8 Å². The molecule has 0 radical (unpaired) electrons. The summed E-state index contributed by atoms with van der Waals surface area (Å²) < 4.78 is 31.7. The molecule has 0 spiro atoms. The van der Waals surface area contributed by atoms with Crippen LogP contribution < -0.4 is 16.0 Å². The molecule has 3 amide bonds. The Kier molecular flexibility index (Phi) is 7.19. The molecule has 2 aromatic carbocycles. The summed E-state index contributed by atoms with van der Waals surface area (Å²) in [4.78, 5) is 43.9. The van der Waals surface area contributed by atoms with Crippen LogP contribution in [0.3, 0.4) is 0 Å². The van der Waals surface area contributed by atoms with Crippen molar-refractivity contribution >= 4 is 56.8 Å². The Morgan fingerprint density at radius 2 is 2.05 bits per heavy atom. The largest absolute Gasteiger partial charge is 0.376 e. The van der Waals surface area contributed by atoms with Crippen molar-refractivity contribution < 1.29 is 28.2 Å². The van der Waals surface area contributed by atoms with Gasteiger partial charge in [-0.15, -0.1) is 0 Å². The van der Waals surface area contributed by atoms with E-state index in [1.165, 1.54) is 34.3 Å². The molecule has 2 atom stereocenters. The van der Waals surface area contributed by atoms with Crippen LogP contribution in [0.5, 0.6) is 0 Å². The van der Waals surface area contributed by atoms with E-state index in [2.05, 4.69) is 25.3 Å². The Morgan fingerprint density at radius 1 is 1.20 bits per heavy atom. The van der Waals surface area contributed by atoms with Crippen LogP contribution in [-0.2, 0) is 20.8 Å². The first-order valence-corrected chi connectivity index (χ1v) is 13.5. The number of hydrogen-bond donors (Lipinski definition) is 3. The minimum absolute atomic E-state index is 0.00908. The number of rotatable bonds is 6. The molecule has 0 saturated carbocycles. The highest BCUT2D eigenvalue weighted by molar-refractivity contribution is 7.13. The first-order chi connectivity index (χ1) is 19.4. The molecular formula is C26H22ClFN6O5S. The van der Waals surface area contributed by atoms with Gasteiger partial charge in [0.05, 0.1) is 42.4 Å². The molecule has 14 heteroatoms. The zero-order valence-electron chi connectivity index (χ0n) is 20.8. The Hall–Kier alpha value is -3.91. The Balaban J connectivity index is 1.40. The maximum atomic E-state index is 14.3. The van der Waals surface area contributed by atoms with Gasteiger partial charge in [0.1, 0.15) is 18.1 Å². The Labute approximate surface area is 235 Å². The van der Waals surface area contributed by atoms with Gasteiger partial charge in [0.15, 0.2) is 5.82 Å². The number of ether oxygens (including phenoxy) is 2. The molecule has 206 valence electrons. The van der Waals surface area contributed by atoms with E-state index >= 15 is 0 Å². The first-order valence-electron chi connectivity index (χ1n) is 12.4. The van der Waals surface area contributed by atoms with Crippen LogP contribution in [-0.4, -0.2) is 64.1 Å². The molecule has 1 fully saturated rings. The molecule has 2 aliphatic rings. The maximum absolute atomic E-state index is 14.3. The minimum atomic E-state index is -1.00. The fraction of sp³-hybridized carbons (Fsp3) is 0.269. The van der Waals surface area contributed by atoms with Gasteiger partial charge in [-0.25, -0.2) is 9.37 Å². The molecule has 3 N–H and O–H groups in total. The van der Waals surface area contributed by atoms with Crippen molar-refractivity contribution in [3.05, 3.63) is 76.1 Å². The summed E-state index contributed by atoms with van der Waals surface area (Å²) in [6.07, 6.45) is -0.340. The molecule has 11 nitrogen and oxygen atoms in total. The van der Waals surface area contributed by atoms with E-state index in [9.17, 15) is 18.8 Å². The standard InChI is InChI=1S/C26H22ClFN6O5S/c27-17-6-5-13(28)9-16(17)20-22-23(32-25(36)21-15-3-1-2-4-18(15)40-33-21)31-24(34(22)11-19(35)30-20)26(37)29-10-14-12-38-7-8-39-14/h1-6,9,14,20H,7-8,10-12H2,(H,29,37)(H,30,35)(H,32,36). The SMILES string of the molecule is O=C1Cn2c(C(=O)NCC3COCCO3)nc(NC(=O)c3nsc4ccccc34)c2C(c2cc(F)ccc2Cl)N1. The number of halogens is 2. The second-order valence-electron chi connectivity index (χ2n) is 9.18. The average molecular weight is 585 g/mol. The lowest BCUT2D eigenvalue weighted by molar-refractivity contribution is -0.123. The number of fused-ring (bicyclic) bond motifs is 2. The Bertz CT molecular complexity index is 1640. The predicted octanol–water partition coefficient (Wildman–Crippen LogP) is 2.90. The quantitative estimate of drug-likeness (QED) is 0.317. The number of benzene rings is 2. The second kappa shape index (κ2) is 10.9. The third-order valence-corrected chi connectivity index (χ3v) is 7.73. The third-order valence-electron chi connectivity index (χ3n) is 6.56. The van der Waals surface area contributed by atoms with Crippen molar-refractivity contribution in [2.24, 2.45) is 0 Å². The summed E-state index contributed by atoms with van der Waals surface area (Å²) in [6.45, 7) is 1.11. The number of carbonyl (C=O) groups is 3.